The van der Waals surface area contributed by atoms with Crippen molar-refractivity contribution in [3.05, 3.63) is 0 Å². The summed E-state index contributed by atoms with van der Waals surface area (Å²) >= 11 is 0. The predicted molar refractivity (Wildman–Crippen MR) is 51.0 cm³/mol. The molecule has 0 amide bonds. The van der Waals surface area contributed by atoms with E-state index < -0.39 is 0 Å². The van der Waals surface area contributed by atoms with Gasteiger partial charge >= 0.3 is 0 Å². The molecule has 0 aromatic rings. The highest BCUT2D eigenvalue weighted by Gasteiger charge is 2.66. The van der Waals surface area contributed by atoms with E-state index in [4.69, 9.17) is 0 Å². The van der Waals surface area contributed by atoms with E-state index in [0.717, 1.165) is 0 Å². The van der Waals surface area contributed by atoms with Crippen molar-refractivity contribution in [3.63, 3.8) is 0 Å². The highest BCUT2D eigenvalue weighted by atomic mass is 14.7. The number of hydrogen-bond acceptors (Lipinski definition) is 0. The molecule has 0 spiro atoms. The zero-order valence-electron chi connectivity index (χ0n) is 8.15. The highest BCUT2D eigenvalue weighted by molar-refractivity contribution is 5.15. The maximum absolute atomic E-state index is 1.67. The van der Waals surface area contributed by atoms with Crippen molar-refractivity contribution in [3.8, 4) is 0 Å². The van der Waals surface area contributed by atoms with Crippen LogP contribution in [-0.4, -0.2) is 0 Å². The summed E-state index contributed by atoms with van der Waals surface area (Å²) in [5.74, 6) is 9.89. The molecule has 5 fully saturated rings. The quantitative estimate of drug-likeness (QED) is 0.529. The fourth-order valence-corrected chi connectivity index (χ4v) is 6.18. The van der Waals surface area contributed by atoms with E-state index in [-0.39, 0.29) is 0 Å². The van der Waals surface area contributed by atoms with Crippen molar-refractivity contribution in [1.82, 2.24) is 0 Å². The minimum atomic E-state index is 1.21. The summed E-state index contributed by atoms with van der Waals surface area (Å²) in [6.07, 6.45) is 8.28. The Hall–Kier alpha value is 0. The van der Waals surface area contributed by atoms with Crippen LogP contribution < -0.4 is 0 Å². The largest absolute Gasteiger partial charge is 0.0470 e. The zero-order valence-corrected chi connectivity index (χ0v) is 8.15. The molecular formula is C13H18. The van der Waals surface area contributed by atoms with Crippen LogP contribution in [0.2, 0.25) is 0 Å². The predicted octanol–water partition coefficient (Wildman–Crippen LogP) is 2.93. The average molecular weight is 174 g/mol. The van der Waals surface area contributed by atoms with E-state index in [2.05, 4.69) is 0 Å². The third kappa shape index (κ3) is 0.521. The number of fused-ring (bicyclic) bond motifs is 3. The van der Waals surface area contributed by atoms with Crippen LogP contribution in [0.15, 0.2) is 0 Å². The Morgan fingerprint density at radius 1 is 0.462 bits per heavy atom. The zero-order chi connectivity index (χ0) is 8.15. The molecule has 0 heteroatoms. The van der Waals surface area contributed by atoms with Gasteiger partial charge in [-0.25, -0.2) is 0 Å². The Bertz CT molecular complexity index is 263. The Morgan fingerprint density at radius 2 is 1.15 bits per heavy atom. The lowest BCUT2D eigenvalue weighted by Crippen LogP contribution is -2.58. The van der Waals surface area contributed by atoms with E-state index >= 15 is 0 Å². The van der Waals surface area contributed by atoms with Crippen molar-refractivity contribution in [1.29, 1.82) is 0 Å². The number of rotatable bonds is 0. The molecule has 0 nitrogen and oxygen atoms in total. The van der Waals surface area contributed by atoms with Crippen LogP contribution in [0.3, 0.4) is 0 Å². The second-order valence-electron chi connectivity index (χ2n) is 6.69. The second kappa shape index (κ2) is 1.73. The van der Waals surface area contributed by atoms with Gasteiger partial charge in [0, 0.05) is 0 Å². The first-order valence-corrected chi connectivity index (χ1v) is 6.42. The van der Waals surface area contributed by atoms with Crippen LogP contribution in [0, 0.1) is 47.3 Å². The van der Waals surface area contributed by atoms with Crippen LogP contribution in [-0.2, 0) is 0 Å². The molecule has 5 rings (SSSR count). The molecule has 0 aliphatic heterocycles. The molecule has 5 saturated carbocycles. The SMILES string of the molecule is C1C2CC3C2CC1C1CC2CC3C21. The van der Waals surface area contributed by atoms with Gasteiger partial charge in [0.25, 0.3) is 0 Å². The Kier molecular flexibility index (Phi) is 0.860. The molecule has 0 aromatic carbocycles. The van der Waals surface area contributed by atoms with Crippen LogP contribution >= 0.6 is 0 Å². The molecule has 5 aliphatic rings. The van der Waals surface area contributed by atoms with Gasteiger partial charge < -0.3 is 0 Å². The van der Waals surface area contributed by atoms with Crippen LogP contribution in [0.4, 0.5) is 0 Å². The maximum Gasteiger partial charge on any atom is -0.0323 e. The van der Waals surface area contributed by atoms with Gasteiger partial charge in [0.15, 0.2) is 0 Å². The number of hydrogen-bond donors (Lipinski definition) is 0. The van der Waals surface area contributed by atoms with E-state index in [0.29, 0.717) is 0 Å². The van der Waals surface area contributed by atoms with Gasteiger partial charge in [-0.3, -0.25) is 0 Å². The van der Waals surface area contributed by atoms with Crippen molar-refractivity contribution in [2.24, 2.45) is 47.3 Å². The topological polar surface area (TPSA) is 0 Å². The first-order chi connectivity index (χ1) is 6.42. The fourth-order valence-electron chi connectivity index (χ4n) is 6.18. The molecular weight excluding hydrogens is 156 g/mol. The van der Waals surface area contributed by atoms with E-state index in [1.165, 1.54) is 47.3 Å². The van der Waals surface area contributed by atoms with Crippen molar-refractivity contribution in [2.75, 3.05) is 0 Å². The van der Waals surface area contributed by atoms with Gasteiger partial charge in [-0.15, -0.1) is 0 Å². The first-order valence-electron chi connectivity index (χ1n) is 6.42. The van der Waals surface area contributed by atoms with Gasteiger partial charge in [0.2, 0.25) is 0 Å². The van der Waals surface area contributed by atoms with Crippen LogP contribution in [0.5, 0.6) is 0 Å². The van der Waals surface area contributed by atoms with Crippen molar-refractivity contribution in [2.45, 2.75) is 32.1 Å². The summed E-state index contributed by atoms with van der Waals surface area (Å²) in [5, 5.41) is 0. The van der Waals surface area contributed by atoms with Gasteiger partial charge in [0.1, 0.15) is 0 Å². The van der Waals surface area contributed by atoms with Crippen LogP contribution in [0.25, 0.3) is 0 Å². The minimum Gasteiger partial charge on any atom is -0.0470 e. The maximum atomic E-state index is 1.67. The second-order valence-corrected chi connectivity index (χ2v) is 6.69. The first kappa shape index (κ1) is 6.48. The molecule has 13 heavy (non-hydrogen) atoms. The van der Waals surface area contributed by atoms with Crippen LogP contribution in [0.1, 0.15) is 32.1 Å². The normalized spacial score (nSPS) is 75.7. The summed E-state index contributed by atoms with van der Waals surface area (Å²) in [7, 11) is 0. The molecule has 70 valence electrons. The highest BCUT2D eigenvalue weighted by Crippen LogP contribution is 2.74. The summed E-state index contributed by atoms with van der Waals surface area (Å²) in [6, 6.07) is 0. The Labute approximate surface area is 80.1 Å². The molecule has 0 saturated heterocycles. The summed E-state index contributed by atoms with van der Waals surface area (Å²) in [6.45, 7) is 0. The summed E-state index contributed by atoms with van der Waals surface area (Å²) in [4.78, 5) is 0. The molecule has 8 unspecified atom stereocenters. The fraction of sp³-hybridized carbons (Fsp3) is 1.00. The lowest BCUT2D eigenvalue weighted by Gasteiger charge is -2.65. The molecule has 2 bridgehead atoms. The summed E-state index contributed by atoms with van der Waals surface area (Å²) < 4.78 is 0. The average Bonchev–Trinajstić information content (AvgIpc) is 2.38. The van der Waals surface area contributed by atoms with E-state index in [9.17, 15) is 0 Å². The van der Waals surface area contributed by atoms with Crippen molar-refractivity contribution < 1.29 is 0 Å². The molecule has 0 aromatic heterocycles. The van der Waals surface area contributed by atoms with Gasteiger partial charge in [-0.1, -0.05) is 0 Å². The van der Waals surface area contributed by atoms with Gasteiger partial charge in [0.05, 0.1) is 0 Å². The van der Waals surface area contributed by atoms with Crippen molar-refractivity contribution >= 4 is 0 Å². The lowest BCUT2D eigenvalue weighted by atomic mass is 9.40. The molecule has 8 atom stereocenters. The smallest absolute Gasteiger partial charge is 0.0323 e. The third-order valence-corrected chi connectivity index (χ3v) is 6.75. The summed E-state index contributed by atoms with van der Waals surface area (Å²) in [5.41, 5.74) is 0. The Morgan fingerprint density at radius 3 is 2.08 bits per heavy atom. The molecule has 0 N–H and O–H groups in total. The standard InChI is InChI=1S/C13H18/c1-6-3-11-9(6)2-7(1)10-4-8-5-12(11)13(8)10/h6-13H,1-5H2. The monoisotopic (exact) mass is 174 g/mol. The van der Waals surface area contributed by atoms with Gasteiger partial charge in [-0.2, -0.15) is 0 Å². The van der Waals surface area contributed by atoms with Gasteiger partial charge in [-0.05, 0) is 79.4 Å². The molecule has 5 aliphatic carbocycles. The Balaban J connectivity index is 1.63. The minimum absolute atomic E-state index is 1.21. The van der Waals surface area contributed by atoms with E-state index in [1.807, 2.05) is 0 Å². The lowest BCUT2D eigenvalue weighted by molar-refractivity contribution is -0.162. The molecule has 0 heterocycles. The third-order valence-electron chi connectivity index (χ3n) is 6.75. The molecule has 0 radical (unpaired) electrons. The van der Waals surface area contributed by atoms with E-state index in [1.54, 1.807) is 32.1 Å².